The summed E-state index contributed by atoms with van der Waals surface area (Å²) in [6.45, 7) is 1.51. The monoisotopic (exact) mass is 394 g/mol. The lowest BCUT2D eigenvalue weighted by atomic mass is 10.1. The van der Waals surface area contributed by atoms with Crippen molar-refractivity contribution in [3.63, 3.8) is 0 Å². The number of anilines is 1. The van der Waals surface area contributed by atoms with Crippen LogP contribution in [0.2, 0.25) is 0 Å². The molecule has 1 aliphatic rings. The number of carbonyl (C=O) groups is 2. The van der Waals surface area contributed by atoms with E-state index < -0.39 is 6.09 Å². The van der Waals surface area contributed by atoms with Crippen molar-refractivity contribution in [2.75, 3.05) is 32.5 Å². The fraction of sp³-hybridized carbons (Fsp3) is 0.300. The predicted molar refractivity (Wildman–Crippen MR) is 108 cm³/mol. The van der Waals surface area contributed by atoms with E-state index in [1.807, 2.05) is 55.4 Å². The van der Waals surface area contributed by atoms with Gasteiger partial charge in [-0.05, 0) is 44.8 Å². The first-order valence-electron chi connectivity index (χ1n) is 9.34. The van der Waals surface area contributed by atoms with Crippen LogP contribution in [0.25, 0.3) is 16.9 Å². The molecule has 1 atom stereocenters. The van der Waals surface area contributed by atoms with Crippen molar-refractivity contribution in [3.05, 3.63) is 48.0 Å². The molecule has 29 heavy (non-hydrogen) atoms. The minimum absolute atomic E-state index is 0.0150. The molecule has 0 saturated carbocycles. The van der Waals surface area contributed by atoms with E-state index in [1.165, 1.54) is 0 Å². The van der Waals surface area contributed by atoms with Gasteiger partial charge >= 0.3 is 6.09 Å². The van der Waals surface area contributed by atoms with Crippen LogP contribution >= 0.6 is 0 Å². The molecular formula is C20H22N6O3. The van der Waals surface area contributed by atoms with Gasteiger partial charge in [0.25, 0.3) is 11.9 Å². The molecular weight excluding hydrogens is 372 g/mol. The third-order valence-corrected chi connectivity index (χ3v) is 5.19. The zero-order chi connectivity index (χ0) is 20.5. The molecule has 2 aromatic heterocycles. The number of carbonyl (C=O) groups excluding carboxylic acids is 1. The van der Waals surface area contributed by atoms with E-state index in [4.69, 9.17) is 5.11 Å². The molecule has 9 heteroatoms. The second-order valence-corrected chi connectivity index (χ2v) is 7.28. The van der Waals surface area contributed by atoms with Crippen LogP contribution in [0.4, 0.5) is 10.7 Å². The topological polar surface area (TPSA) is 103 Å². The summed E-state index contributed by atoms with van der Waals surface area (Å²) in [5.74, 6) is 0.0500. The number of carboxylic acid groups (broad SMARTS) is 1. The molecule has 0 bridgehead atoms. The minimum Gasteiger partial charge on any atom is -0.465 e. The fourth-order valence-corrected chi connectivity index (χ4v) is 3.59. The summed E-state index contributed by atoms with van der Waals surface area (Å²) in [5.41, 5.74) is 2.78. The molecule has 0 spiro atoms. The van der Waals surface area contributed by atoms with Gasteiger partial charge in [0, 0.05) is 30.3 Å². The van der Waals surface area contributed by atoms with Crippen molar-refractivity contribution in [2.45, 2.75) is 12.5 Å². The number of amides is 2. The molecule has 9 nitrogen and oxygen atoms in total. The second-order valence-electron chi connectivity index (χ2n) is 7.28. The second kappa shape index (κ2) is 7.51. The molecule has 3 aromatic rings. The number of hydrogen-bond acceptors (Lipinski definition) is 5. The van der Waals surface area contributed by atoms with Crippen molar-refractivity contribution >= 4 is 23.6 Å². The maximum Gasteiger partial charge on any atom is 0.411 e. The maximum atomic E-state index is 12.8. The van der Waals surface area contributed by atoms with Gasteiger partial charge in [0.1, 0.15) is 0 Å². The van der Waals surface area contributed by atoms with Gasteiger partial charge in [0.15, 0.2) is 5.65 Å². The smallest absolute Gasteiger partial charge is 0.411 e. The number of hydrogen-bond donors (Lipinski definition) is 2. The van der Waals surface area contributed by atoms with E-state index in [9.17, 15) is 9.59 Å². The number of rotatable bonds is 4. The zero-order valence-corrected chi connectivity index (χ0v) is 16.2. The SMILES string of the molecule is CN(C)C1CCN(C(=O)c2ccc(-c3cccc4nc(NC(=O)O)nn34)cc2)C1. The van der Waals surface area contributed by atoms with Crippen LogP contribution in [-0.2, 0) is 0 Å². The van der Waals surface area contributed by atoms with Crippen LogP contribution in [0.1, 0.15) is 16.8 Å². The van der Waals surface area contributed by atoms with E-state index in [-0.39, 0.29) is 11.9 Å². The molecule has 2 amide bonds. The van der Waals surface area contributed by atoms with Crippen LogP contribution in [-0.4, -0.2) is 74.7 Å². The largest absolute Gasteiger partial charge is 0.465 e. The molecule has 1 unspecified atom stereocenters. The van der Waals surface area contributed by atoms with Gasteiger partial charge in [0.2, 0.25) is 0 Å². The number of pyridine rings is 1. The molecule has 1 aliphatic heterocycles. The van der Waals surface area contributed by atoms with Crippen molar-refractivity contribution < 1.29 is 14.7 Å². The van der Waals surface area contributed by atoms with Gasteiger partial charge in [-0.15, -0.1) is 5.10 Å². The average Bonchev–Trinajstić information content (AvgIpc) is 3.33. The highest BCUT2D eigenvalue weighted by atomic mass is 16.4. The number of likely N-dealkylation sites (N-methyl/N-ethyl adjacent to an activating group) is 1. The number of nitrogens with one attached hydrogen (secondary N) is 1. The van der Waals surface area contributed by atoms with Crippen LogP contribution < -0.4 is 5.32 Å². The van der Waals surface area contributed by atoms with E-state index in [0.29, 0.717) is 17.3 Å². The van der Waals surface area contributed by atoms with E-state index >= 15 is 0 Å². The Morgan fingerprint density at radius 2 is 1.93 bits per heavy atom. The lowest BCUT2D eigenvalue weighted by molar-refractivity contribution is 0.0783. The molecule has 1 saturated heterocycles. The van der Waals surface area contributed by atoms with Crippen LogP contribution in [0.15, 0.2) is 42.5 Å². The highest BCUT2D eigenvalue weighted by molar-refractivity contribution is 5.95. The minimum atomic E-state index is -1.22. The molecule has 2 N–H and O–H groups in total. The third-order valence-electron chi connectivity index (χ3n) is 5.19. The number of likely N-dealkylation sites (tertiary alicyclic amines) is 1. The molecule has 0 radical (unpaired) electrons. The van der Waals surface area contributed by atoms with E-state index in [1.54, 1.807) is 10.6 Å². The Morgan fingerprint density at radius 3 is 2.59 bits per heavy atom. The zero-order valence-electron chi connectivity index (χ0n) is 16.2. The number of nitrogens with zero attached hydrogens (tertiary/aromatic N) is 5. The molecule has 0 aliphatic carbocycles. The van der Waals surface area contributed by atoms with Gasteiger partial charge in [-0.25, -0.2) is 9.31 Å². The Kier molecular flexibility index (Phi) is 4.89. The summed E-state index contributed by atoms with van der Waals surface area (Å²) >= 11 is 0. The van der Waals surface area contributed by atoms with Crippen LogP contribution in [0, 0.1) is 0 Å². The summed E-state index contributed by atoms with van der Waals surface area (Å²) in [6, 6.07) is 13.2. The Bertz CT molecular complexity index is 1060. The molecule has 4 rings (SSSR count). The van der Waals surface area contributed by atoms with E-state index in [2.05, 4.69) is 20.3 Å². The Balaban J connectivity index is 1.57. The van der Waals surface area contributed by atoms with Gasteiger partial charge in [0.05, 0.1) is 5.69 Å². The Hall–Kier alpha value is -3.46. The summed E-state index contributed by atoms with van der Waals surface area (Å²) in [6.07, 6.45) is -0.235. The Labute approximate surface area is 167 Å². The Morgan fingerprint density at radius 1 is 1.17 bits per heavy atom. The lowest BCUT2D eigenvalue weighted by Gasteiger charge is -2.20. The van der Waals surface area contributed by atoms with Gasteiger partial charge < -0.3 is 14.9 Å². The number of aromatic nitrogens is 3. The molecule has 1 aromatic carbocycles. The number of fused-ring (bicyclic) bond motifs is 1. The first-order chi connectivity index (χ1) is 13.9. The fourth-order valence-electron chi connectivity index (χ4n) is 3.59. The quantitative estimate of drug-likeness (QED) is 0.704. The van der Waals surface area contributed by atoms with Crippen LogP contribution in [0.5, 0.6) is 0 Å². The van der Waals surface area contributed by atoms with Crippen molar-refractivity contribution in [2.24, 2.45) is 0 Å². The summed E-state index contributed by atoms with van der Waals surface area (Å²) in [5, 5.41) is 15.2. The average molecular weight is 394 g/mol. The van der Waals surface area contributed by atoms with Crippen molar-refractivity contribution in [3.8, 4) is 11.3 Å². The van der Waals surface area contributed by atoms with Crippen molar-refractivity contribution in [1.82, 2.24) is 24.4 Å². The maximum absolute atomic E-state index is 12.8. The first-order valence-corrected chi connectivity index (χ1v) is 9.34. The third kappa shape index (κ3) is 3.77. The lowest BCUT2D eigenvalue weighted by Crippen LogP contribution is -2.34. The highest BCUT2D eigenvalue weighted by Gasteiger charge is 2.28. The van der Waals surface area contributed by atoms with Gasteiger partial charge in [-0.3, -0.25) is 10.1 Å². The summed E-state index contributed by atoms with van der Waals surface area (Å²) in [7, 11) is 4.07. The molecule has 3 heterocycles. The van der Waals surface area contributed by atoms with Gasteiger partial charge in [-0.2, -0.15) is 4.98 Å². The normalized spacial score (nSPS) is 16.5. The van der Waals surface area contributed by atoms with Crippen LogP contribution in [0.3, 0.4) is 0 Å². The molecule has 150 valence electrons. The van der Waals surface area contributed by atoms with Crippen molar-refractivity contribution in [1.29, 1.82) is 0 Å². The summed E-state index contributed by atoms with van der Waals surface area (Å²) in [4.78, 5) is 31.8. The standard InChI is InChI=1S/C20H22N6O3/c1-24(2)15-10-11-25(12-15)18(27)14-8-6-13(7-9-14)16-4-3-5-17-21-19(22-20(28)29)23-26(16)17/h3-9,15H,10-12H2,1-2H3,(H,22,23)(H,28,29). The predicted octanol–water partition coefficient (Wildman–Crippen LogP) is 2.26. The van der Waals surface area contributed by atoms with E-state index in [0.717, 1.165) is 30.8 Å². The molecule has 1 fully saturated rings. The van der Waals surface area contributed by atoms with Gasteiger partial charge in [-0.1, -0.05) is 18.2 Å². The first kappa shape index (κ1) is 18.9. The highest BCUT2D eigenvalue weighted by Crippen LogP contribution is 2.23. The summed E-state index contributed by atoms with van der Waals surface area (Å²) < 4.78 is 1.57. The number of benzene rings is 1.